The van der Waals surface area contributed by atoms with Gasteiger partial charge in [0, 0.05) is 15.3 Å². The van der Waals surface area contributed by atoms with E-state index in [4.69, 9.17) is 5.73 Å². The fraction of sp³-hybridized carbons (Fsp3) is 0.316. The zero-order valence-electron chi connectivity index (χ0n) is 13.9. The minimum Gasteiger partial charge on any atom is -0.325 e. The van der Waals surface area contributed by atoms with Crippen LogP contribution < -0.4 is 11.1 Å². The number of hydrogen-bond acceptors (Lipinski definition) is 3. The third-order valence-electron chi connectivity index (χ3n) is 3.18. The maximum atomic E-state index is 12.2. The van der Waals surface area contributed by atoms with E-state index in [0.29, 0.717) is 6.42 Å². The summed E-state index contributed by atoms with van der Waals surface area (Å²) in [6.45, 7) is 6.53. The predicted octanol–water partition coefficient (Wildman–Crippen LogP) is 4.09. The number of nitrogens with one attached hydrogen (secondary N) is 1. The zero-order chi connectivity index (χ0) is 16.9. The second-order valence-corrected chi connectivity index (χ2v) is 8.42. The quantitative estimate of drug-likeness (QED) is 0.813. The van der Waals surface area contributed by atoms with Gasteiger partial charge in [0.25, 0.3) is 0 Å². The van der Waals surface area contributed by atoms with Crippen molar-refractivity contribution in [1.82, 2.24) is 0 Å². The van der Waals surface area contributed by atoms with Crippen molar-refractivity contribution >= 4 is 23.4 Å². The molecule has 1 atom stereocenters. The van der Waals surface area contributed by atoms with Gasteiger partial charge in [-0.05, 0) is 36.2 Å². The number of hydrogen-bond donors (Lipinski definition) is 2. The molecule has 0 bridgehead atoms. The summed E-state index contributed by atoms with van der Waals surface area (Å²) in [7, 11) is 0. The highest BCUT2D eigenvalue weighted by Crippen LogP contribution is 2.32. The van der Waals surface area contributed by atoms with Crippen LogP contribution >= 0.6 is 11.8 Å². The van der Waals surface area contributed by atoms with Crippen LogP contribution in [0.1, 0.15) is 26.3 Å². The number of benzene rings is 2. The summed E-state index contributed by atoms with van der Waals surface area (Å²) >= 11 is 1.80. The number of amides is 1. The summed E-state index contributed by atoms with van der Waals surface area (Å²) in [5, 5.41) is 2.88. The van der Waals surface area contributed by atoms with Gasteiger partial charge in [-0.25, -0.2) is 0 Å². The Morgan fingerprint density at radius 3 is 2.26 bits per heavy atom. The number of rotatable bonds is 5. The van der Waals surface area contributed by atoms with Gasteiger partial charge in [0.2, 0.25) is 5.91 Å². The first-order valence-corrected chi connectivity index (χ1v) is 8.54. The Morgan fingerprint density at radius 2 is 1.70 bits per heavy atom. The maximum Gasteiger partial charge on any atom is 0.241 e. The molecule has 23 heavy (non-hydrogen) atoms. The predicted molar refractivity (Wildman–Crippen MR) is 98.8 cm³/mol. The molecule has 0 aliphatic carbocycles. The molecule has 0 fully saturated rings. The van der Waals surface area contributed by atoms with E-state index in [0.717, 1.165) is 11.3 Å². The minimum absolute atomic E-state index is 0.162. The normalized spacial score (nSPS) is 12.7. The second kappa shape index (κ2) is 7.66. The van der Waals surface area contributed by atoms with Gasteiger partial charge >= 0.3 is 0 Å². The lowest BCUT2D eigenvalue weighted by atomic mass is 10.1. The zero-order valence-corrected chi connectivity index (χ0v) is 14.7. The van der Waals surface area contributed by atoms with E-state index >= 15 is 0 Å². The lowest BCUT2D eigenvalue weighted by molar-refractivity contribution is -0.117. The van der Waals surface area contributed by atoms with Gasteiger partial charge in [-0.1, -0.05) is 51.1 Å². The van der Waals surface area contributed by atoms with Crippen molar-refractivity contribution in [2.75, 3.05) is 5.32 Å². The molecule has 2 rings (SSSR count). The first kappa shape index (κ1) is 17.6. The molecule has 122 valence electrons. The van der Waals surface area contributed by atoms with Crippen LogP contribution in [0.4, 0.5) is 5.69 Å². The van der Waals surface area contributed by atoms with Crippen LogP contribution in [0.5, 0.6) is 0 Å². The lowest BCUT2D eigenvalue weighted by Gasteiger charge is -2.18. The first-order valence-electron chi connectivity index (χ1n) is 7.73. The van der Waals surface area contributed by atoms with Crippen molar-refractivity contribution in [1.29, 1.82) is 0 Å². The highest BCUT2D eigenvalue weighted by Gasteiger charge is 2.15. The van der Waals surface area contributed by atoms with Crippen LogP contribution in [0.2, 0.25) is 0 Å². The van der Waals surface area contributed by atoms with E-state index in [-0.39, 0.29) is 10.7 Å². The Bertz CT molecular complexity index is 633. The third kappa shape index (κ3) is 6.08. The Kier molecular flexibility index (Phi) is 5.85. The average molecular weight is 328 g/mol. The van der Waals surface area contributed by atoms with E-state index in [1.807, 2.05) is 54.6 Å². The van der Waals surface area contributed by atoms with E-state index in [2.05, 4.69) is 26.1 Å². The summed E-state index contributed by atoms with van der Waals surface area (Å²) in [6.07, 6.45) is 0.532. The highest BCUT2D eigenvalue weighted by molar-refractivity contribution is 8.00. The number of carbonyl (C=O) groups is 1. The summed E-state index contributed by atoms with van der Waals surface area (Å²) in [6, 6.07) is 17.1. The van der Waals surface area contributed by atoms with Gasteiger partial charge in [-0.15, -0.1) is 11.8 Å². The number of nitrogens with two attached hydrogens (primary N) is 1. The molecule has 3 nitrogen and oxygen atoms in total. The van der Waals surface area contributed by atoms with E-state index in [1.54, 1.807) is 11.8 Å². The van der Waals surface area contributed by atoms with Crippen LogP contribution in [0, 0.1) is 0 Å². The van der Waals surface area contributed by atoms with Crippen LogP contribution in [0.3, 0.4) is 0 Å². The molecule has 0 saturated carbocycles. The molecule has 1 amide bonds. The highest BCUT2D eigenvalue weighted by atomic mass is 32.2. The molecule has 0 saturated heterocycles. The molecule has 3 N–H and O–H groups in total. The average Bonchev–Trinajstić information content (AvgIpc) is 2.48. The van der Waals surface area contributed by atoms with Crippen molar-refractivity contribution in [2.24, 2.45) is 5.73 Å². The van der Waals surface area contributed by atoms with Crippen molar-refractivity contribution < 1.29 is 4.79 Å². The van der Waals surface area contributed by atoms with Crippen LogP contribution in [-0.2, 0) is 11.2 Å². The lowest BCUT2D eigenvalue weighted by Crippen LogP contribution is -2.37. The SMILES string of the molecule is CC(C)(C)Sc1ccc(NC(=O)[C@@H](N)Cc2ccccc2)cc1. The summed E-state index contributed by atoms with van der Waals surface area (Å²) < 4.78 is 0.169. The molecule has 0 aliphatic rings. The van der Waals surface area contributed by atoms with Gasteiger partial charge in [-0.2, -0.15) is 0 Å². The minimum atomic E-state index is -0.555. The Balaban J connectivity index is 1.92. The fourth-order valence-corrected chi connectivity index (χ4v) is 3.13. The van der Waals surface area contributed by atoms with Crippen molar-refractivity contribution in [3.8, 4) is 0 Å². The van der Waals surface area contributed by atoms with Crippen molar-refractivity contribution in [3.63, 3.8) is 0 Å². The molecule has 0 spiro atoms. The fourth-order valence-electron chi connectivity index (χ4n) is 2.16. The summed E-state index contributed by atoms with van der Waals surface area (Å²) in [5.74, 6) is -0.162. The third-order valence-corrected chi connectivity index (χ3v) is 4.30. The molecule has 2 aromatic rings. The maximum absolute atomic E-state index is 12.2. The smallest absolute Gasteiger partial charge is 0.241 e. The molecule has 0 radical (unpaired) electrons. The second-order valence-electron chi connectivity index (χ2n) is 6.52. The molecule has 0 aromatic heterocycles. The molecule has 0 heterocycles. The van der Waals surface area contributed by atoms with Crippen molar-refractivity contribution in [2.45, 2.75) is 42.9 Å². The van der Waals surface area contributed by atoms with Gasteiger partial charge in [0.05, 0.1) is 6.04 Å². The monoisotopic (exact) mass is 328 g/mol. The standard InChI is InChI=1S/C19H24N2OS/c1-19(2,3)23-16-11-9-15(10-12-16)21-18(22)17(20)13-14-7-5-4-6-8-14/h4-12,17H,13,20H2,1-3H3,(H,21,22)/t17-/m0/s1. The van der Waals surface area contributed by atoms with Crippen LogP contribution in [0.15, 0.2) is 59.5 Å². The molecular weight excluding hydrogens is 304 g/mol. The molecule has 2 aromatic carbocycles. The Labute approximate surface area is 142 Å². The van der Waals surface area contributed by atoms with E-state index in [1.165, 1.54) is 4.90 Å². The number of thioether (sulfide) groups is 1. The van der Waals surface area contributed by atoms with E-state index in [9.17, 15) is 4.79 Å². The topological polar surface area (TPSA) is 55.1 Å². The number of carbonyl (C=O) groups excluding carboxylic acids is 1. The molecular formula is C19H24N2OS. The summed E-state index contributed by atoms with van der Waals surface area (Å²) in [4.78, 5) is 13.4. The van der Waals surface area contributed by atoms with Crippen LogP contribution in [0.25, 0.3) is 0 Å². The molecule has 0 unspecified atom stereocenters. The first-order chi connectivity index (χ1) is 10.8. The summed E-state index contributed by atoms with van der Waals surface area (Å²) in [5.41, 5.74) is 7.83. The molecule has 4 heteroatoms. The number of anilines is 1. The van der Waals surface area contributed by atoms with Gasteiger partial charge < -0.3 is 11.1 Å². The largest absolute Gasteiger partial charge is 0.325 e. The van der Waals surface area contributed by atoms with E-state index < -0.39 is 6.04 Å². The van der Waals surface area contributed by atoms with Gasteiger partial charge in [0.15, 0.2) is 0 Å². The van der Waals surface area contributed by atoms with Crippen LogP contribution in [-0.4, -0.2) is 16.7 Å². The molecule has 0 aliphatic heterocycles. The van der Waals surface area contributed by atoms with Crippen molar-refractivity contribution in [3.05, 3.63) is 60.2 Å². The Hall–Kier alpha value is -1.78. The Morgan fingerprint density at radius 1 is 1.09 bits per heavy atom. The van der Waals surface area contributed by atoms with Gasteiger partial charge in [-0.3, -0.25) is 4.79 Å². The van der Waals surface area contributed by atoms with Gasteiger partial charge in [0.1, 0.15) is 0 Å².